The minimum atomic E-state index is -4.56. The first kappa shape index (κ1) is 10.7. The molecule has 0 atom stereocenters. The molecule has 1 nitrogen and oxygen atoms in total. The number of alkyl halides is 3. The first-order valence-electron chi connectivity index (χ1n) is 4.49. The molecule has 0 bridgehead atoms. The van der Waals surface area contributed by atoms with Crippen LogP contribution < -0.4 is 0 Å². The molecule has 1 heterocycles. The van der Waals surface area contributed by atoms with Crippen molar-refractivity contribution in [3.63, 3.8) is 0 Å². The standard InChI is InChI=1S/C11H7F4N/c12-9-3-1-2-8(11(13,14)15)10(9)7-4-5-16-6-7/h1-6,16H. The Hall–Kier alpha value is -1.78. The number of nitrogens with one attached hydrogen (secondary N) is 1. The van der Waals surface area contributed by atoms with Crippen molar-refractivity contribution in [3.8, 4) is 11.1 Å². The zero-order valence-electron chi connectivity index (χ0n) is 7.98. The van der Waals surface area contributed by atoms with E-state index in [1.807, 2.05) is 0 Å². The molecule has 0 spiro atoms. The van der Waals surface area contributed by atoms with Crippen molar-refractivity contribution >= 4 is 0 Å². The molecule has 2 aromatic rings. The van der Waals surface area contributed by atoms with Gasteiger partial charge in [-0.1, -0.05) is 6.07 Å². The van der Waals surface area contributed by atoms with Crippen LogP contribution >= 0.6 is 0 Å². The number of hydrogen-bond donors (Lipinski definition) is 1. The van der Waals surface area contributed by atoms with Crippen LogP contribution in [0.2, 0.25) is 0 Å². The molecule has 2 rings (SSSR count). The summed E-state index contributed by atoms with van der Waals surface area (Å²) in [5.74, 6) is -0.880. The van der Waals surface area contributed by atoms with E-state index in [-0.39, 0.29) is 5.56 Å². The van der Waals surface area contributed by atoms with E-state index in [9.17, 15) is 17.6 Å². The number of rotatable bonds is 1. The molecule has 1 N–H and O–H groups in total. The third kappa shape index (κ3) is 1.80. The maximum absolute atomic E-state index is 13.4. The SMILES string of the molecule is Fc1cccc(C(F)(F)F)c1-c1cc[nH]c1. The van der Waals surface area contributed by atoms with Crippen LogP contribution in [0, 0.1) is 5.82 Å². The summed E-state index contributed by atoms with van der Waals surface area (Å²) in [6.07, 6.45) is -1.79. The third-order valence-electron chi connectivity index (χ3n) is 2.21. The summed E-state index contributed by atoms with van der Waals surface area (Å²) in [4.78, 5) is 2.60. The van der Waals surface area contributed by atoms with Gasteiger partial charge in [-0.05, 0) is 18.2 Å². The molecule has 1 aromatic carbocycles. The van der Waals surface area contributed by atoms with Crippen molar-refractivity contribution in [1.82, 2.24) is 4.98 Å². The first-order valence-corrected chi connectivity index (χ1v) is 4.49. The van der Waals surface area contributed by atoms with E-state index in [0.717, 1.165) is 18.2 Å². The van der Waals surface area contributed by atoms with Gasteiger partial charge in [0.1, 0.15) is 5.82 Å². The Labute approximate surface area is 88.7 Å². The van der Waals surface area contributed by atoms with Crippen molar-refractivity contribution in [2.45, 2.75) is 6.18 Å². The lowest BCUT2D eigenvalue weighted by molar-refractivity contribution is -0.137. The number of aromatic nitrogens is 1. The fourth-order valence-corrected chi connectivity index (χ4v) is 1.53. The van der Waals surface area contributed by atoms with E-state index >= 15 is 0 Å². The fraction of sp³-hybridized carbons (Fsp3) is 0.0909. The van der Waals surface area contributed by atoms with Gasteiger partial charge >= 0.3 is 6.18 Å². The van der Waals surface area contributed by atoms with E-state index in [4.69, 9.17) is 0 Å². The van der Waals surface area contributed by atoms with Crippen molar-refractivity contribution in [2.24, 2.45) is 0 Å². The van der Waals surface area contributed by atoms with Crippen LogP contribution in [-0.2, 0) is 6.18 Å². The van der Waals surface area contributed by atoms with Crippen LogP contribution in [0.4, 0.5) is 17.6 Å². The second-order valence-corrected chi connectivity index (χ2v) is 3.26. The predicted molar refractivity (Wildman–Crippen MR) is 51.2 cm³/mol. The van der Waals surface area contributed by atoms with Gasteiger partial charge in [0, 0.05) is 23.5 Å². The minimum Gasteiger partial charge on any atom is -0.367 e. The monoisotopic (exact) mass is 229 g/mol. The van der Waals surface area contributed by atoms with Crippen LogP contribution in [0.25, 0.3) is 11.1 Å². The van der Waals surface area contributed by atoms with Crippen LogP contribution in [0.5, 0.6) is 0 Å². The summed E-state index contributed by atoms with van der Waals surface area (Å²) < 4.78 is 51.4. The molecular weight excluding hydrogens is 222 g/mol. The zero-order valence-corrected chi connectivity index (χ0v) is 7.98. The van der Waals surface area contributed by atoms with Gasteiger partial charge in [-0.15, -0.1) is 0 Å². The molecule has 0 amide bonds. The Morgan fingerprint density at radius 1 is 1.06 bits per heavy atom. The molecule has 0 radical (unpaired) electrons. The largest absolute Gasteiger partial charge is 0.417 e. The van der Waals surface area contributed by atoms with E-state index < -0.39 is 23.1 Å². The lowest BCUT2D eigenvalue weighted by Gasteiger charge is -2.12. The molecule has 0 fully saturated rings. The number of halogens is 4. The average Bonchev–Trinajstić information content (AvgIpc) is 2.68. The fourth-order valence-electron chi connectivity index (χ4n) is 1.53. The Morgan fingerprint density at radius 2 is 1.81 bits per heavy atom. The van der Waals surface area contributed by atoms with E-state index in [1.54, 1.807) is 0 Å². The summed E-state index contributed by atoms with van der Waals surface area (Å²) in [5.41, 5.74) is -1.20. The Bertz CT molecular complexity index is 485. The molecule has 5 heteroatoms. The van der Waals surface area contributed by atoms with Crippen LogP contribution in [0.1, 0.15) is 5.56 Å². The second kappa shape index (κ2) is 3.66. The summed E-state index contributed by atoms with van der Waals surface area (Å²) >= 11 is 0. The highest BCUT2D eigenvalue weighted by Gasteiger charge is 2.34. The summed E-state index contributed by atoms with van der Waals surface area (Å²) in [6.45, 7) is 0. The van der Waals surface area contributed by atoms with Crippen molar-refractivity contribution < 1.29 is 17.6 Å². The van der Waals surface area contributed by atoms with E-state index in [0.29, 0.717) is 0 Å². The van der Waals surface area contributed by atoms with Gasteiger partial charge in [0.25, 0.3) is 0 Å². The molecule has 16 heavy (non-hydrogen) atoms. The molecule has 0 aliphatic carbocycles. The normalized spacial score (nSPS) is 11.8. The summed E-state index contributed by atoms with van der Waals surface area (Å²) in [7, 11) is 0. The molecule has 1 aromatic heterocycles. The van der Waals surface area contributed by atoms with Gasteiger partial charge in [-0.25, -0.2) is 4.39 Å². The van der Waals surface area contributed by atoms with Crippen LogP contribution in [0.15, 0.2) is 36.7 Å². The topological polar surface area (TPSA) is 15.8 Å². The second-order valence-electron chi connectivity index (χ2n) is 3.26. The highest BCUT2D eigenvalue weighted by Crippen LogP contribution is 2.38. The molecule has 0 saturated carbocycles. The Morgan fingerprint density at radius 3 is 2.38 bits per heavy atom. The van der Waals surface area contributed by atoms with Gasteiger partial charge in [-0.2, -0.15) is 13.2 Å². The molecule has 0 aliphatic heterocycles. The smallest absolute Gasteiger partial charge is 0.367 e. The van der Waals surface area contributed by atoms with Crippen LogP contribution in [-0.4, -0.2) is 4.98 Å². The van der Waals surface area contributed by atoms with Crippen molar-refractivity contribution in [1.29, 1.82) is 0 Å². The average molecular weight is 229 g/mol. The Kier molecular flexibility index (Phi) is 2.46. The molecule has 0 aliphatic rings. The zero-order chi connectivity index (χ0) is 11.8. The molecule has 84 valence electrons. The quantitative estimate of drug-likeness (QED) is 0.715. The van der Waals surface area contributed by atoms with Gasteiger partial charge < -0.3 is 4.98 Å². The van der Waals surface area contributed by atoms with Crippen molar-refractivity contribution in [2.75, 3.05) is 0 Å². The maximum atomic E-state index is 13.4. The predicted octanol–water partition coefficient (Wildman–Crippen LogP) is 3.84. The summed E-state index contributed by atoms with van der Waals surface area (Å²) in [5, 5.41) is 0. The Balaban J connectivity index is 2.68. The van der Waals surface area contributed by atoms with Crippen molar-refractivity contribution in [3.05, 3.63) is 48.0 Å². The van der Waals surface area contributed by atoms with Gasteiger partial charge in [0.15, 0.2) is 0 Å². The number of benzene rings is 1. The third-order valence-corrected chi connectivity index (χ3v) is 2.21. The summed E-state index contributed by atoms with van der Waals surface area (Å²) in [6, 6.07) is 4.32. The lowest BCUT2D eigenvalue weighted by atomic mass is 10.0. The van der Waals surface area contributed by atoms with E-state index in [1.165, 1.54) is 18.5 Å². The highest BCUT2D eigenvalue weighted by atomic mass is 19.4. The minimum absolute atomic E-state index is 0.186. The van der Waals surface area contributed by atoms with E-state index in [2.05, 4.69) is 4.98 Å². The van der Waals surface area contributed by atoms with Crippen LogP contribution in [0.3, 0.4) is 0 Å². The number of aromatic amines is 1. The van der Waals surface area contributed by atoms with Gasteiger partial charge in [-0.3, -0.25) is 0 Å². The first-order chi connectivity index (χ1) is 7.50. The highest BCUT2D eigenvalue weighted by molar-refractivity contribution is 5.68. The van der Waals surface area contributed by atoms with Gasteiger partial charge in [0.2, 0.25) is 0 Å². The number of H-pyrrole nitrogens is 1. The number of hydrogen-bond acceptors (Lipinski definition) is 0. The maximum Gasteiger partial charge on any atom is 0.417 e. The molecular formula is C11H7F4N. The molecule has 0 unspecified atom stereocenters. The van der Waals surface area contributed by atoms with Gasteiger partial charge in [0.05, 0.1) is 5.56 Å². The lowest BCUT2D eigenvalue weighted by Crippen LogP contribution is -2.08. The molecule has 0 saturated heterocycles.